The Morgan fingerprint density at radius 3 is 2.57 bits per heavy atom. The Kier molecular flexibility index (Phi) is 5.40. The molecule has 2 aromatic rings. The molecule has 116 valence electrons. The van der Waals surface area contributed by atoms with E-state index >= 15 is 0 Å². The van der Waals surface area contributed by atoms with Gasteiger partial charge in [-0.1, -0.05) is 17.7 Å². The van der Waals surface area contributed by atoms with Crippen LogP contribution in [0.1, 0.15) is 18.1 Å². The van der Waals surface area contributed by atoms with Gasteiger partial charge < -0.3 is 9.47 Å². The van der Waals surface area contributed by atoms with Crippen LogP contribution < -0.4 is 9.47 Å². The van der Waals surface area contributed by atoms with Gasteiger partial charge in [0.25, 0.3) is 0 Å². The average molecular weight is 328 g/mol. The fraction of sp³-hybridized carbons (Fsp3) is 0.111. The molecular weight excluding hydrogens is 314 g/mol. The van der Waals surface area contributed by atoms with Crippen molar-refractivity contribution in [3.05, 3.63) is 65.2 Å². The SMILES string of the molecule is C=CCc1c(C#N)ccc(Oc2ccc(Cl)cc2)c1OC(C)=O. The molecule has 0 spiro atoms. The van der Waals surface area contributed by atoms with Crippen molar-refractivity contribution in [2.45, 2.75) is 13.3 Å². The molecule has 0 atom stereocenters. The van der Waals surface area contributed by atoms with Crippen LogP contribution in [0.25, 0.3) is 0 Å². The van der Waals surface area contributed by atoms with Crippen molar-refractivity contribution in [2.75, 3.05) is 0 Å². The van der Waals surface area contributed by atoms with Crippen molar-refractivity contribution in [1.29, 1.82) is 5.26 Å². The quantitative estimate of drug-likeness (QED) is 0.455. The highest BCUT2D eigenvalue weighted by molar-refractivity contribution is 6.30. The summed E-state index contributed by atoms with van der Waals surface area (Å²) < 4.78 is 11.1. The lowest BCUT2D eigenvalue weighted by Crippen LogP contribution is -2.07. The van der Waals surface area contributed by atoms with Crippen LogP contribution in [0.15, 0.2) is 49.1 Å². The number of esters is 1. The van der Waals surface area contributed by atoms with Gasteiger partial charge in [0.1, 0.15) is 5.75 Å². The summed E-state index contributed by atoms with van der Waals surface area (Å²) in [5.74, 6) is 0.619. The molecule has 0 saturated carbocycles. The summed E-state index contributed by atoms with van der Waals surface area (Å²) in [6, 6.07) is 12.1. The Morgan fingerprint density at radius 1 is 1.30 bits per heavy atom. The molecule has 0 bridgehead atoms. The van der Waals surface area contributed by atoms with Gasteiger partial charge in [0.15, 0.2) is 11.5 Å². The predicted molar refractivity (Wildman–Crippen MR) is 87.9 cm³/mol. The van der Waals surface area contributed by atoms with E-state index in [1.807, 2.05) is 0 Å². The monoisotopic (exact) mass is 327 g/mol. The van der Waals surface area contributed by atoms with Gasteiger partial charge in [-0.25, -0.2) is 0 Å². The fourth-order valence-electron chi connectivity index (χ4n) is 2.02. The van der Waals surface area contributed by atoms with E-state index in [9.17, 15) is 10.1 Å². The zero-order valence-electron chi connectivity index (χ0n) is 12.5. The second kappa shape index (κ2) is 7.48. The van der Waals surface area contributed by atoms with E-state index in [-0.39, 0.29) is 5.75 Å². The van der Waals surface area contributed by atoms with E-state index in [0.717, 1.165) is 0 Å². The van der Waals surface area contributed by atoms with E-state index in [4.69, 9.17) is 21.1 Å². The first-order valence-electron chi connectivity index (χ1n) is 6.84. The van der Waals surface area contributed by atoms with Gasteiger partial charge in [-0.2, -0.15) is 5.26 Å². The molecule has 0 aliphatic heterocycles. The number of benzene rings is 2. The number of hydrogen-bond donors (Lipinski definition) is 0. The molecule has 5 heteroatoms. The van der Waals surface area contributed by atoms with Crippen LogP contribution >= 0.6 is 11.6 Å². The van der Waals surface area contributed by atoms with Gasteiger partial charge in [-0.3, -0.25) is 4.79 Å². The van der Waals surface area contributed by atoms with Crippen LogP contribution in [0.5, 0.6) is 17.2 Å². The van der Waals surface area contributed by atoms with Crippen LogP contribution in [0.3, 0.4) is 0 Å². The summed E-state index contributed by atoms with van der Waals surface area (Å²) in [4.78, 5) is 11.4. The van der Waals surface area contributed by atoms with E-state index in [0.29, 0.717) is 34.1 Å². The minimum absolute atomic E-state index is 0.228. The molecule has 2 aromatic carbocycles. The Bertz CT molecular complexity index is 776. The van der Waals surface area contributed by atoms with Crippen LogP contribution in [-0.4, -0.2) is 5.97 Å². The standard InChI is InChI=1S/C18H14ClNO3/c1-3-4-16-13(11-20)5-10-17(18(16)22-12(2)21)23-15-8-6-14(19)7-9-15/h3,5-10H,1,4H2,2H3. The maximum Gasteiger partial charge on any atom is 0.308 e. The van der Waals surface area contributed by atoms with Gasteiger partial charge in [-0.05, 0) is 42.8 Å². The molecule has 4 nitrogen and oxygen atoms in total. The molecule has 0 radical (unpaired) electrons. The summed E-state index contributed by atoms with van der Waals surface area (Å²) in [5.41, 5.74) is 0.966. The fourth-order valence-corrected chi connectivity index (χ4v) is 2.15. The zero-order valence-corrected chi connectivity index (χ0v) is 13.3. The maximum absolute atomic E-state index is 11.4. The molecule has 2 rings (SSSR count). The number of nitrogens with zero attached hydrogens (tertiary/aromatic N) is 1. The lowest BCUT2D eigenvalue weighted by atomic mass is 10.0. The largest absolute Gasteiger partial charge is 0.453 e. The van der Waals surface area contributed by atoms with Crippen LogP contribution in [-0.2, 0) is 11.2 Å². The van der Waals surface area contributed by atoms with Crippen molar-refractivity contribution >= 4 is 17.6 Å². The molecule has 0 unspecified atom stereocenters. The minimum atomic E-state index is -0.494. The first-order valence-corrected chi connectivity index (χ1v) is 7.21. The molecule has 0 aliphatic rings. The number of ether oxygens (including phenoxy) is 2. The van der Waals surface area contributed by atoms with Crippen molar-refractivity contribution in [3.8, 4) is 23.3 Å². The number of rotatable bonds is 5. The highest BCUT2D eigenvalue weighted by atomic mass is 35.5. The average Bonchev–Trinajstić information content (AvgIpc) is 2.52. The van der Waals surface area contributed by atoms with Crippen molar-refractivity contribution in [3.63, 3.8) is 0 Å². The molecule has 0 aliphatic carbocycles. The Morgan fingerprint density at radius 2 is 2.00 bits per heavy atom. The van der Waals surface area contributed by atoms with E-state index in [1.54, 1.807) is 42.5 Å². The van der Waals surface area contributed by atoms with Gasteiger partial charge in [0, 0.05) is 17.5 Å². The van der Waals surface area contributed by atoms with Crippen LogP contribution in [0.4, 0.5) is 0 Å². The Hall–Kier alpha value is -2.77. The smallest absolute Gasteiger partial charge is 0.308 e. The Balaban J connectivity index is 2.50. The second-order valence-electron chi connectivity index (χ2n) is 4.67. The van der Waals surface area contributed by atoms with Crippen molar-refractivity contribution < 1.29 is 14.3 Å². The molecule has 0 saturated heterocycles. The third-order valence-electron chi connectivity index (χ3n) is 2.98. The third kappa shape index (κ3) is 4.12. The molecule has 0 N–H and O–H groups in total. The second-order valence-corrected chi connectivity index (χ2v) is 5.11. The number of carbonyl (C=O) groups excluding carboxylic acids is 1. The topological polar surface area (TPSA) is 59.3 Å². The van der Waals surface area contributed by atoms with E-state index in [1.165, 1.54) is 6.92 Å². The van der Waals surface area contributed by atoms with Gasteiger partial charge in [0.05, 0.1) is 11.6 Å². The highest BCUT2D eigenvalue weighted by Crippen LogP contribution is 2.37. The number of carbonyl (C=O) groups is 1. The molecule has 0 heterocycles. The molecule has 0 amide bonds. The minimum Gasteiger partial charge on any atom is -0.453 e. The lowest BCUT2D eigenvalue weighted by Gasteiger charge is -2.15. The van der Waals surface area contributed by atoms with Gasteiger partial charge in [-0.15, -0.1) is 6.58 Å². The highest BCUT2D eigenvalue weighted by Gasteiger charge is 2.17. The summed E-state index contributed by atoms with van der Waals surface area (Å²) in [5, 5.41) is 9.82. The maximum atomic E-state index is 11.4. The van der Waals surface area contributed by atoms with Gasteiger partial charge >= 0.3 is 5.97 Å². The number of allylic oxidation sites excluding steroid dienone is 1. The van der Waals surface area contributed by atoms with Crippen molar-refractivity contribution in [1.82, 2.24) is 0 Å². The summed E-state index contributed by atoms with van der Waals surface area (Å²) in [6.07, 6.45) is 2.01. The van der Waals surface area contributed by atoms with Crippen LogP contribution in [0.2, 0.25) is 5.02 Å². The third-order valence-corrected chi connectivity index (χ3v) is 3.23. The van der Waals surface area contributed by atoms with E-state index in [2.05, 4.69) is 12.6 Å². The normalized spacial score (nSPS) is 9.78. The van der Waals surface area contributed by atoms with Crippen molar-refractivity contribution in [2.24, 2.45) is 0 Å². The number of halogens is 1. The van der Waals surface area contributed by atoms with Crippen LogP contribution in [0, 0.1) is 11.3 Å². The summed E-state index contributed by atoms with van der Waals surface area (Å²) in [7, 11) is 0. The first-order chi connectivity index (χ1) is 11.0. The van der Waals surface area contributed by atoms with Gasteiger partial charge in [0.2, 0.25) is 0 Å². The molecular formula is C18H14ClNO3. The summed E-state index contributed by atoms with van der Waals surface area (Å²) >= 11 is 5.85. The molecule has 0 aromatic heterocycles. The molecule has 23 heavy (non-hydrogen) atoms. The predicted octanol–water partition coefficient (Wildman–Crippen LogP) is 4.66. The number of nitriles is 1. The lowest BCUT2D eigenvalue weighted by molar-refractivity contribution is -0.132. The first kappa shape index (κ1) is 16.6. The number of hydrogen-bond acceptors (Lipinski definition) is 4. The zero-order chi connectivity index (χ0) is 16.8. The summed E-state index contributed by atoms with van der Waals surface area (Å²) in [6.45, 7) is 4.96. The van der Waals surface area contributed by atoms with E-state index < -0.39 is 5.97 Å². The Labute approximate surface area is 139 Å². The molecule has 0 fully saturated rings.